The third kappa shape index (κ3) is 5.03. The molecule has 0 saturated carbocycles. The zero-order valence-electron chi connectivity index (χ0n) is 18.4. The van der Waals surface area contributed by atoms with Gasteiger partial charge in [-0.2, -0.15) is 4.31 Å². The summed E-state index contributed by atoms with van der Waals surface area (Å²) in [5.41, 5.74) is 0.999. The second-order valence-electron chi connectivity index (χ2n) is 7.33. The first-order valence-corrected chi connectivity index (χ1v) is 11.9. The molecule has 0 spiro atoms. The Morgan fingerprint density at radius 1 is 1.09 bits per heavy atom. The molecule has 3 aromatic rings. The van der Waals surface area contributed by atoms with Crippen LogP contribution in [0.15, 0.2) is 58.2 Å². The first kappa shape index (κ1) is 23.6. The molecule has 0 aliphatic carbocycles. The summed E-state index contributed by atoms with van der Waals surface area (Å²) in [6, 6.07) is 13.1. The van der Waals surface area contributed by atoms with Gasteiger partial charge in [0.25, 0.3) is 5.56 Å². The molecule has 9 nitrogen and oxygen atoms in total. The zero-order valence-corrected chi connectivity index (χ0v) is 19.2. The van der Waals surface area contributed by atoms with Gasteiger partial charge in [0.2, 0.25) is 15.9 Å². The minimum Gasteiger partial charge on any atom is -0.350 e. The molecule has 0 aliphatic heterocycles. The number of aryl methyl sites for hydroxylation is 1. The third-order valence-corrected chi connectivity index (χ3v) is 7.34. The van der Waals surface area contributed by atoms with Crippen molar-refractivity contribution in [3.05, 3.63) is 64.4 Å². The van der Waals surface area contributed by atoms with Crippen LogP contribution in [0.3, 0.4) is 0 Å². The summed E-state index contributed by atoms with van der Waals surface area (Å²) in [6.45, 7) is 6.31. The highest BCUT2D eigenvalue weighted by atomic mass is 32.2. The number of carbonyl (C=O) groups excluding carboxylic acids is 1. The largest absolute Gasteiger partial charge is 0.350 e. The van der Waals surface area contributed by atoms with Crippen LogP contribution >= 0.6 is 0 Å². The normalized spacial score (nSPS) is 12.8. The number of carbonyl (C=O) groups is 1. The van der Waals surface area contributed by atoms with Gasteiger partial charge in [-0.3, -0.25) is 9.59 Å². The smallest absolute Gasteiger partial charge is 0.277 e. The van der Waals surface area contributed by atoms with Crippen molar-refractivity contribution in [1.29, 1.82) is 0 Å². The Morgan fingerprint density at radius 3 is 2.41 bits per heavy atom. The molecule has 1 N–H and O–H groups in total. The molecule has 0 saturated heterocycles. The van der Waals surface area contributed by atoms with Crippen LogP contribution < -0.4 is 10.9 Å². The van der Waals surface area contributed by atoms with Crippen molar-refractivity contribution in [2.45, 2.75) is 44.7 Å². The topological polar surface area (TPSA) is 114 Å². The summed E-state index contributed by atoms with van der Waals surface area (Å²) in [7, 11) is -3.52. The minimum absolute atomic E-state index is 0.0612. The minimum atomic E-state index is -3.52. The van der Waals surface area contributed by atoms with Gasteiger partial charge < -0.3 is 5.32 Å². The van der Waals surface area contributed by atoms with Gasteiger partial charge in [-0.05, 0) is 36.8 Å². The lowest BCUT2D eigenvalue weighted by Gasteiger charge is -2.19. The number of benzene rings is 2. The summed E-state index contributed by atoms with van der Waals surface area (Å²) in [5.74, 6) is -0.251. The molecular weight excluding hydrogens is 430 g/mol. The van der Waals surface area contributed by atoms with Crippen LogP contribution in [0.4, 0.5) is 0 Å². The fourth-order valence-electron chi connectivity index (χ4n) is 3.42. The van der Waals surface area contributed by atoms with Crippen LogP contribution in [-0.2, 0) is 21.4 Å². The van der Waals surface area contributed by atoms with Gasteiger partial charge in [-0.15, -0.1) is 5.10 Å². The Labute approximate surface area is 187 Å². The Bertz CT molecular complexity index is 1250. The summed E-state index contributed by atoms with van der Waals surface area (Å²) >= 11 is 0. The lowest BCUT2D eigenvalue weighted by atomic mass is 10.1. The van der Waals surface area contributed by atoms with Gasteiger partial charge in [-0.1, -0.05) is 43.3 Å². The highest BCUT2D eigenvalue weighted by Gasteiger charge is 2.21. The monoisotopic (exact) mass is 457 g/mol. The van der Waals surface area contributed by atoms with E-state index in [2.05, 4.69) is 15.6 Å². The van der Waals surface area contributed by atoms with Crippen molar-refractivity contribution in [2.75, 3.05) is 13.1 Å². The molecule has 1 aromatic heterocycles. The molecule has 10 heteroatoms. The SMILES string of the molecule is CCN(CC)S(=O)(=O)c1ccc([C@H](C)NC(=O)CCn2nnc3ccccc3c2=O)cc1. The fraction of sp³-hybridized carbons (Fsp3) is 0.364. The second kappa shape index (κ2) is 10.0. The predicted octanol–water partition coefficient (Wildman–Crippen LogP) is 2.09. The molecule has 32 heavy (non-hydrogen) atoms. The lowest BCUT2D eigenvalue weighted by Crippen LogP contribution is -2.31. The molecule has 1 heterocycles. The van der Waals surface area contributed by atoms with Gasteiger partial charge in [0.05, 0.1) is 22.9 Å². The first-order chi connectivity index (χ1) is 15.3. The predicted molar refractivity (Wildman–Crippen MR) is 122 cm³/mol. The van der Waals surface area contributed by atoms with E-state index in [0.29, 0.717) is 24.0 Å². The van der Waals surface area contributed by atoms with Gasteiger partial charge in [0.15, 0.2) is 0 Å². The van der Waals surface area contributed by atoms with Crippen molar-refractivity contribution in [3.63, 3.8) is 0 Å². The highest BCUT2D eigenvalue weighted by Crippen LogP contribution is 2.19. The summed E-state index contributed by atoms with van der Waals surface area (Å²) in [5, 5.41) is 11.2. The maximum atomic E-state index is 12.6. The molecule has 0 fully saturated rings. The zero-order chi connectivity index (χ0) is 23.3. The van der Waals surface area contributed by atoms with E-state index in [1.165, 1.54) is 8.99 Å². The van der Waals surface area contributed by atoms with Crippen molar-refractivity contribution in [3.8, 4) is 0 Å². The van der Waals surface area contributed by atoms with Crippen molar-refractivity contribution in [1.82, 2.24) is 24.6 Å². The molecular formula is C22H27N5O4S. The third-order valence-electron chi connectivity index (χ3n) is 5.28. The van der Waals surface area contributed by atoms with E-state index in [4.69, 9.17) is 0 Å². The van der Waals surface area contributed by atoms with E-state index >= 15 is 0 Å². The van der Waals surface area contributed by atoms with Crippen LogP contribution in [0.5, 0.6) is 0 Å². The number of nitrogens with one attached hydrogen (secondary N) is 1. The number of amides is 1. The fourth-order valence-corrected chi connectivity index (χ4v) is 4.87. The molecule has 1 amide bonds. The lowest BCUT2D eigenvalue weighted by molar-refractivity contribution is -0.122. The van der Waals surface area contributed by atoms with E-state index in [9.17, 15) is 18.0 Å². The van der Waals surface area contributed by atoms with Gasteiger partial charge in [0, 0.05) is 19.5 Å². The molecule has 0 bridgehead atoms. The van der Waals surface area contributed by atoms with E-state index in [0.717, 1.165) is 5.56 Å². The summed E-state index contributed by atoms with van der Waals surface area (Å²) in [4.78, 5) is 25.1. The van der Waals surface area contributed by atoms with Crippen LogP contribution in [0.2, 0.25) is 0 Å². The number of hydrogen-bond acceptors (Lipinski definition) is 6. The molecule has 0 unspecified atom stereocenters. The molecule has 2 aromatic carbocycles. The van der Waals surface area contributed by atoms with Crippen LogP contribution in [0, 0.1) is 0 Å². The van der Waals surface area contributed by atoms with E-state index < -0.39 is 10.0 Å². The average molecular weight is 458 g/mol. The standard InChI is InChI=1S/C22H27N5O4S/c1-4-26(5-2)32(30,31)18-12-10-17(11-13-18)16(3)23-21(28)14-15-27-22(29)19-8-6-7-9-20(19)24-25-27/h6-13,16H,4-5,14-15H2,1-3H3,(H,23,28)/t16-/m0/s1. The Morgan fingerprint density at radius 2 is 1.75 bits per heavy atom. The van der Waals surface area contributed by atoms with Crippen LogP contribution in [0.25, 0.3) is 10.9 Å². The number of sulfonamides is 1. The quantitative estimate of drug-likeness (QED) is 0.526. The number of hydrogen-bond donors (Lipinski definition) is 1. The molecule has 170 valence electrons. The van der Waals surface area contributed by atoms with Gasteiger partial charge in [0.1, 0.15) is 5.52 Å². The second-order valence-corrected chi connectivity index (χ2v) is 9.27. The summed E-state index contributed by atoms with van der Waals surface area (Å²) in [6.07, 6.45) is 0.0612. The molecule has 3 rings (SSSR count). The average Bonchev–Trinajstić information content (AvgIpc) is 2.79. The molecule has 0 aliphatic rings. The number of aromatic nitrogens is 3. The summed E-state index contributed by atoms with van der Waals surface area (Å²) < 4.78 is 27.8. The van der Waals surface area contributed by atoms with Crippen molar-refractivity contribution >= 4 is 26.8 Å². The van der Waals surface area contributed by atoms with E-state index in [1.807, 2.05) is 6.92 Å². The molecule has 1 atom stereocenters. The molecule has 0 radical (unpaired) electrons. The van der Waals surface area contributed by atoms with Crippen LogP contribution in [0.1, 0.15) is 38.8 Å². The maximum Gasteiger partial charge on any atom is 0.277 e. The Balaban J connectivity index is 1.62. The highest BCUT2D eigenvalue weighted by molar-refractivity contribution is 7.89. The van der Waals surface area contributed by atoms with E-state index in [-0.39, 0.29) is 35.4 Å². The van der Waals surface area contributed by atoms with Gasteiger partial charge >= 0.3 is 0 Å². The van der Waals surface area contributed by atoms with E-state index in [1.54, 1.807) is 62.4 Å². The number of nitrogens with zero attached hydrogens (tertiary/aromatic N) is 4. The number of fused-ring (bicyclic) bond motifs is 1. The van der Waals surface area contributed by atoms with Crippen molar-refractivity contribution in [2.24, 2.45) is 0 Å². The van der Waals surface area contributed by atoms with Crippen LogP contribution in [-0.4, -0.2) is 46.7 Å². The van der Waals surface area contributed by atoms with Gasteiger partial charge in [-0.25, -0.2) is 13.1 Å². The maximum absolute atomic E-state index is 12.6. The first-order valence-electron chi connectivity index (χ1n) is 10.5. The number of rotatable bonds is 9. The Hall–Kier alpha value is -3.11. The Kier molecular flexibility index (Phi) is 7.37. The van der Waals surface area contributed by atoms with Crippen molar-refractivity contribution < 1.29 is 13.2 Å².